The summed E-state index contributed by atoms with van der Waals surface area (Å²) >= 11 is 0. The first-order chi connectivity index (χ1) is 10.7. The minimum absolute atomic E-state index is 0.0491. The number of hydrogen-bond acceptors (Lipinski definition) is 4. The third-order valence-corrected chi connectivity index (χ3v) is 4.11. The molecule has 2 unspecified atom stereocenters. The fraction of sp³-hybridized carbons (Fsp3) is 0.562. The summed E-state index contributed by atoms with van der Waals surface area (Å²) in [6.45, 7) is 3.99. The Morgan fingerprint density at radius 3 is 2.35 bits per heavy atom. The van der Waals surface area contributed by atoms with Gasteiger partial charge in [-0.25, -0.2) is 13.1 Å². The predicted molar refractivity (Wildman–Crippen MR) is 90.8 cm³/mol. The van der Waals surface area contributed by atoms with Crippen molar-refractivity contribution in [2.75, 3.05) is 13.4 Å². The van der Waals surface area contributed by atoms with E-state index in [1.54, 1.807) is 31.4 Å². The summed E-state index contributed by atoms with van der Waals surface area (Å²) in [5.41, 5.74) is 0.717. The average Bonchev–Trinajstić information content (AvgIpc) is 2.45. The number of benzene rings is 1. The van der Waals surface area contributed by atoms with E-state index in [9.17, 15) is 13.2 Å². The number of carbonyl (C=O) groups is 1. The SMILES string of the molecule is CCCC(C)NC(=O)CC(NS(C)(=O)=O)c1ccc(OC)cc1. The zero-order valence-electron chi connectivity index (χ0n) is 14.1. The lowest BCUT2D eigenvalue weighted by Gasteiger charge is -2.20. The highest BCUT2D eigenvalue weighted by Gasteiger charge is 2.20. The molecule has 1 aromatic rings. The number of rotatable bonds is 9. The molecule has 1 amide bonds. The van der Waals surface area contributed by atoms with Gasteiger partial charge >= 0.3 is 0 Å². The molecule has 2 atom stereocenters. The van der Waals surface area contributed by atoms with Crippen molar-refractivity contribution in [3.05, 3.63) is 29.8 Å². The number of hydrogen-bond donors (Lipinski definition) is 2. The second kappa shape index (κ2) is 8.88. The Bertz CT molecular complexity index is 599. The molecular weight excluding hydrogens is 316 g/mol. The molecule has 23 heavy (non-hydrogen) atoms. The van der Waals surface area contributed by atoms with Gasteiger partial charge in [-0.1, -0.05) is 25.5 Å². The quantitative estimate of drug-likeness (QED) is 0.719. The average molecular weight is 342 g/mol. The summed E-state index contributed by atoms with van der Waals surface area (Å²) in [6.07, 6.45) is 3.00. The van der Waals surface area contributed by atoms with Gasteiger partial charge in [-0.3, -0.25) is 4.79 Å². The van der Waals surface area contributed by atoms with Crippen LogP contribution in [0.5, 0.6) is 5.75 Å². The van der Waals surface area contributed by atoms with Crippen LogP contribution >= 0.6 is 0 Å². The lowest BCUT2D eigenvalue weighted by molar-refractivity contribution is -0.122. The van der Waals surface area contributed by atoms with Crippen LogP contribution in [-0.2, 0) is 14.8 Å². The molecule has 0 fully saturated rings. The molecule has 6 nitrogen and oxygen atoms in total. The van der Waals surface area contributed by atoms with Crippen molar-refractivity contribution >= 4 is 15.9 Å². The molecule has 1 aromatic carbocycles. The lowest BCUT2D eigenvalue weighted by Crippen LogP contribution is -2.36. The van der Waals surface area contributed by atoms with E-state index in [1.165, 1.54) is 0 Å². The summed E-state index contributed by atoms with van der Waals surface area (Å²) in [5, 5.41) is 2.89. The van der Waals surface area contributed by atoms with Crippen molar-refractivity contribution in [2.24, 2.45) is 0 Å². The van der Waals surface area contributed by atoms with Gasteiger partial charge in [0.15, 0.2) is 0 Å². The van der Waals surface area contributed by atoms with E-state index in [-0.39, 0.29) is 18.4 Å². The molecular formula is C16H26N2O4S. The van der Waals surface area contributed by atoms with Crippen LogP contribution in [0.3, 0.4) is 0 Å². The first kappa shape index (κ1) is 19.4. The second-order valence-corrected chi connectivity index (χ2v) is 7.46. The maximum absolute atomic E-state index is 12.2. The van der Waals surface area contributed by atoms with Crippen LogP contribution in [0.1, 0.15) is 44.7 Å². The second-order valence-electron chi connectivity index (χ2n) is 5.68. The van der Waals surface area contributed by atoms with E-state index in [2.05, 4.69) is 10.0 Å². The topological polar surface area (TPSA) is 84.5 Å². The highest BCUT2D eigenvalue weighted by molar-refractivity contribution is 7.88. The van der Waals surface area contributed by atoms with Crippen molar-refractivity contribution < 1.29 is 17.9 Å². The Morgan fingerprint density at radius 2 is 1.87 bits per heavy atom. The summed E-state index contributed by atoms with van der Waals surface area (Å²) in [6, 6.07) is 6.45. The first-order valence-corrected chi connectivity index (χ1v) is 9.55. The van der Waals surface area contributed by atoms with Crippen LogP contribution in [-0.4, -0.2) is 33.7 Å². The van der Waals surface area contributed by atoms with Crippen molar-refractivity contribution in [3.63, 3.8) is 0 Å². The molecule has 0 saturated carbocycles. The predicted octanol–water partition coefficient (Wildman–Crippen LogP) is 1.98. The van der Waals surface area contributed by atoms with Crippen LogP contribution in [0.25, 0.3) is 0 Å². The van der Waals surface area contributed by atoms with Gasteiger partial charge in [0, 0.05) is 12.5 Å². The van der Waals surface area contributed by atoms with E-state index >= 15 is 0 Å². The van der Waals surface area contributed by atoms with Gasteiger partial charge in [-0.05, 0) is 31.0 Å². The number of carbonyl (C=O) groups excluding carboxylic acids is 1. The maximum Gasteiger partial charge on any atom is 0.222 e. The summed E-state index contributed by atoms with van der Waals surface area (Å²) < 4.78 is 30.8. The molecule has 7 heteroatoms. The van der Waals surface area contributed by atoms with Crippen LogP contribution in [0, 0.1) is 0 Å². The Hall–Kier alpha value is -1.60. The van der Waals surface area contributed by atoms with Gasteiger partial charge < -0.3 is 10.1 Å². The maximum atomic E-state index is 12.2. The van der Waals surface area contributed by atoms with Gasteiger partial charge in [0.05, 0.1) is 19.4 Å². The van der Waals surface area contributed by atoms with Gasteiger partial charge in [0.2, 0.25) is 15.9 Å². The molecule has 0 radical (unpaired) electrons. The standard InChI is InChI=1S/C16H26N2O4S/c1-5-6-12(2)17-16(19)11-15(18-23(4,20)21)13-7-9-14(22-3)10-8-13/h7-10,12,15,18H,5-6,11H2,1-4H3,(H,17,19). The minimum atomic E-state index is -3.43. The third kappa shape index (κ3) is 7.47. The Morgan fingerprint density at radius 1 is 1.26 bits per heavy atom. The van der Waals surface area contributed by atoms with Gasteiger partial charge in [0.25, 0.3) is 0 Å². The molecule has 0 spiro atoms. The van der Waals surface area contributed by atoms with E-state index < -0.39 is 16.1 Å². The van der Waals surface area contributed by atoms with E-state index in [0.717, 1.165) is 24.7 Å². The van der Waals surface area contributed by atoms with E-state index in [4.69, 9.17) is 4.74 Å². The van der Waals surface area contributed by atoms with E-state index in [0.29, 0.717) is 5.75 Å². The smallest absolute Gasteiger partial charge is 0.222 e. The minimum Gasteiger partial charge on any atom is -0.497 e. The zero-order chi connectivity index (χ0) is 17.5. The number of methoxy groups -OCH3 is 1. The van der Waals surface area contributed by atoms with E-state index in [1.807, 2.05) is 13.8 Å². The van der Waals surface area contributed by atoms with Gasteiger partial charge in [-0.2, -0.15) is 0 Å². The highest BCUT2D eigenvalue weighted by Crippen LogP contribution is 2.21. The molecule has 0 aliphatic carbocycles. The highest BCUT2D eigenvalue weighted by atomic mass is 32.2. The number of amides is 1. The molecule has 0 aromatic heterocycles. The van der Waals surface area contributed by atoms with Crippen molar-refractivity contribution in [1.29, 1.82) is 0 Å². The molecule has 0 aliphatic heterocycles. The fourth-order valence-corrected chi connectivity index (χ4v) is 3.08. The monoisotopic (exact) mass is 342 g/mol. The number of ether oxygens (including phenoxy) is 1. The number of sulfonamides is 1. The normalized spacial score (nSPS) is 14.1. The first-order valence-electron chi connectivity index (χ1n) is 7.65. The van der Waals surface area contributed by atoms with Crippen molar-refractivity contribution in [1.82, 2.24) is 10.0 Å². The molecule has 2 N–H and O–H groups in total. The summed E-state index contributed by atoms with van der Waals surface area (Å²) in [4.78, 5) is 12.2. The van der Waals surface area contributed by atoms with Crippen molar-refractivity contribution in [2.45, 2.75) is 45.2 Å². The van der Waals surface area contributed by atoms with Gasteiger partial charge in [0.1, 0.15) is 5.75 Å². The lowest BCUT2D eigenvalue weighted by atomic mass is 10.0. The summed E-state index contributed by atoms with van der Waals surface area (Å²) in [5.74, 6) is 0.496. The Balaban J connectivity index is 2.85. The van der Waals surface area contributed by atoms with Crippen LogP contribution in [0.4, 0.5) is 0 Å². The molecule has 0 heterocycles. The van der Waals surface area contributed by atoms with Crippen LogP contribution in [0.15, 0.2) is 24.3 Å². The largest absolute Gasteiger partial charge is 0.497 e. The third-order valence-electron chi connectivity index (χ3n) is 3.39. The Labute approximate surface area is 138 Å². The molecule has 0 aliphatic rings. The zero-order valence-corrected chi connectivity index (χ0v) is 14.9. The molecule has 0 saturated heterocycles. The van der Waals surface area contributed by atoms with Crippen LogP contribution in [0.2, 0.25) is 0 Å². The molecule has 130 valence electrons. The molecule has 0 bridgehead atoms. The van der Waals surface area contributed by atoms with Crippen molar-refractivity contribution in [3.8, 4) is 5.75 Å². The van der Waals surface area contributed by atoms with Gasteiger partial charge in [-0.15, -0.1) is 0 Å². The molecule has 1 rings (SSSR count). The number of nitrogens with one attached hydrogen (secondary N) is 2. The summed E-state index contributed by atoms with van der Waals surface area (Å²) in [7, 11) is -1.87. The fourth-order valence-electron chi connectivity index (χ4n) is 2.35. The van der Waals surface area contributed by atoms with Crippen LogP contribution < -0.4 is 14.8 Å². The Kier molecular flexibility index (Phi) is 7.51.